The smallest absolute Gasteiger partial charge is 0.132 e. The van der Waals surface area contributed by atoms with Crippen molar-refractivity contribution in [3.8, 4) is 51.8 Å². The fraction of sp³-hybridized carbons (Fsp3) is 0.552. The monoisotopic (exact) mass is 1080 g/mol. The van der Waals surface area contributed by atoms with Crippen molar-refractivity contribution in [3.05, 3.63) is 58.5 Å². The lowest BCUT2D eigenvalue weighted by molar-refractivity contribution is 0.452. The van der Waals surface area contributed by atoms with E-state index in [0.29, 0.717) is 11.8 Å². The highest BCUT2D eigenvalue weighted by Crippen LogP contribution is 2.50. The standard InChI is InChI=1S/C58H76N6S6Si/c1-9-17-21-37(13-5)29-41-25-27-45(65-41)43-33-59-53(55-51(43)61-69-63-55)47-31-49-57(67-47)58-50(71(49,35-39(15-7)23-19-11-3)36-40(16-8)24-20-12-4)32-48(68-58)54-56-52(62-70-64-56)44(34-60-54)46-28-26-42(66-46)30-38(14-6)22-18-10-2/h25-28,31-34,37-40H,9-24,29-30,35-36H2,1-8H3. The van der Waals surface area contributed by atoms with Crippen LogP contribution in [0.2, 0.25) is 12.1 Å². The third kappa shape index (κ3) is 11.2. The van der Waals surface area contributed by atoms with E-state index in [1.165, 1.54) is 177 Å². The average Bonchev–Trinajstić information content (AvgIpc) is 4.26. The number of aromatic nitrogens is 6. The number of unbranched alkanes of at least 4 members (excludes halogenated alkanes) is 4. The average molecular weight is 1080 g/mol. The molecule has 1 aliphatic rings. The highest BCUT2D eigenvalue weighted by molar-refractivity contribution is 7.31. The van der Waals surface area contributed by atoms with E-state index < -0.39 is 8.07 Å². The summed E-state index contributed by atoms with van der Waals surface area (Å²) in [4.78, 5) is 21.6. The van der Waals surface area contributed by atoms with Crippen molar-refractivity contribution in [1.82, 2.24) is 27.5 Å². The Morgan fingerprint density at radius 3 is 1.20 bits per heavy atom. The van der Waals surface area contributed by atoms with Gasteiger partial charge in [0.2, 0.25) is 0 Å². The van der Waals surface area contributed by atoms with E-state index >= 15 is 0 Å². The van der Waals surface area contributed by atoms with Crippen LogP contribution in [0, 0.1) is 23.7 Å². The molecule has 0 spiro atoms. The van der Waals surface area contributed by atoms with Gasteiger partial charge in [-0.15, -0.1) is 45.3 Å². The molecule has 4 unspecified atom stereocenters. The summed E-state index contributed by atoms with van der Waals surface area (Å²) >= 11 is 10.4. The summed E-state index contributed by atoms with van der Waals surface area (Å²) in [5.41, 5.74) is 8.09. The van der Waals surface area contributed by atoms with Gasteiger partial charge < -0.3 is 0 Å². The predicted molar refractivity (Wildman–Crippen MR) is 318 cm³/mol. The Morgan fingerprint density at radius 2 is 0.817 bits per heavy atom. The molecule has 0 aromatic carbocycles. The van der Waals surface area contributed by atoms with Crippen LogP contribution in [-0.4, -0.2) is 35.5 Å². The predicted octanol–water partition coefficient (Wildman–Crippen LogP) is 18.9. The Morgan fingerprint density at radius 1 is 0.437 bits per heavy atom. The molecule has 6 nitrogen and oxygen atoms in total. The molecule has 0 fully saturated rings. The normalized spacial score (nSPS) is 16.3. The van der Waals surface area contributed by atoms with E-state index in [4.69, 9.17) is 27.5 Å². The van der Waals surface area contributed by atoms with Gasteiger partial charge >= 0.3 is 0 Å². The van der Waals surface area contributed by atoms with Gasteiger partial charge in [0.05, 0.1) is 33.2 Å². The molecule has 9 heterocycles. The van der Waals surface area contributed by atoms with Crippen molar-refractivity contribution >= 4 is 109 Å². The van der Waals surface area contributed by atoms with Gasteiger partial charge in [0, 0.05) is 52.8 Å². The van der Waals surface area contributed by atoms with Gasteiger partial charge in [-0.25, -0.2) is 0 Å². The fourth-order valence-electron chi connectivity index (χ4n) is 11.6. The topological polar surface area (TPSA) is 77.3 Å². The van der Waals surface area contributed by atoms with E-state index in [1.807, 2.05) is 45.3 Å². The van der Waals surface area contributed by atoms with Gasteiger partial charge in [-0.2, -0.15) is 17.5 Å². The number of hydrogen-bond donors (Lipinski definition) is 0. The van der Waals surface area contributed by atoms with Crippen LogP contribution in [0.5, 0.6) is 0 Å². The van der Waals surface area contributed by atoms with Crippen molar-refractivity contribution in [2.24, 2.45) is 23.7 Å². The molecule has 0 bridgehead atoms. The molecule has 0 saturated heterocycles. The molecule has 0 aliphatic carbocycles. The molecule has 0 radical (unpaired) electrons. The van der Waals surface area contributed by atoms with E-state index in [2.05, 4.69) is 104 Å². The highest BCUT2D eigenvalue weighted by atomic mass is 32.1. The number of fused-ring (bicyclic) bond motifs is 5. The Hall–Kier alpha value is -3.04. The molecule has 8 aromatic heterocycles. The number of nitrogens with zero attached hydrogens (tertiary/aromatic N) is 6. The van der Waals surface area contributed by atoms with Gasteiger partial charge in [-0.05, 0) is 95.4 Å². The molecule has 0 saturated carbocycles. The van der Waals surface area contributed by atoms with Crippen LogP contribution < -0.4 is 10.4 Å². The third-order valence-corrected chi connectivity index (χ3v) is 27.6. The van der Waals surface area contributed by atoms with Gasteiger partial charge in [-0.1, -0.05) is 158 Å². The van der Waals surface area contributed by atoms with E-state index in [9.17, 15) is 0 Å². The van der Waals surface area contributed by atoms with Crippen LogP contribution in [0.1, 0.15) is 168 Å². The summed E-state index contributed by atoms with van der Waals surface area (Å²) in [5, 5.41) is 3.32. The Labute approximate surface area is 450 Å². The largest absolute Gasteiger partial charge is 0.252 e. The summed E-state index contributed by atoms with van der Waals surface area (Å²) in [7, 11) is -2.34. The molecule has 13 heteroatoms. The first-order valence-corrected chi connectivity index (χ1v) is 34.6. The van der Waals surface area contributed by atoms with Crippen molar-refractivity contribution in [3.63, 3.8) is 0 Å². The zero-order valence-corrected chi connectivity index (χ0v) is 49.6. The van der Waals surface area contributed by atoms with Gasteiger partial charge in [0.1, 0.15) is 41.5 Å². The number of pyridine rings is 2. The molecule has 9 rings (SSSR count). The first-order valence-electron chi connectivity index (χ1n) is 27.5. The maximum absolute atomic E-state index is 5.37. The van der Waals surface area contributed by atoms with Crippen LogP contribution in [0.15, 0.2) is 48.8 Å². The minimum atomic E-state index is -2.34. The first-order chi connectivity index (χ1) is 34.8. The second-order valence-corrected chi connectivity index (χ2v) is 30.3. The zero-order chi connectivity index (χ0) is 49.5. The second-order valence-electron chi connectivity index (χ2n) is 20.8. The van der Waals surface area contributed by atoms with Gasteiger partial charge in [-0.3, -0.25) is 9.97 Å². The summed E-state index contributed by atoms with van der Waals surface area (Å²) in [5.74, 6) is 2.87. The SMILES string of the molecule is CCCCC(CC)Cc1ccc(-c2cnc(-c3cc4c(s3)-c3sc(-c5ncc(-c6ccc(CC(CC)CCCC)s6)c6nsnc56)cc3[Si]4(CC(CC)CCCC)CC(CC)CCCC)c3nsnc23)s1. The van der Waals surface area contributed by atoms with Crippen molar-refractivity contribution in [2.75, 3.05) is 0 Å². The van der Waals surface area contributed by atoms with E-state index in [-0.39, 0.29) is 0 Å². The van der Waals surface area contributed by atoms with Crippen LogP contribution >= 0.6 is 68.8 Å². The molecule has 4 atom stereocenters. The van der Waals surface area contributed by atoms with Crippen molar-refractivity contribution in [2.45, 2.75) is 183 Å². The highest BCUT2D eigenvalue weighted by Gasteiger charge is 2.50. The molecule has 0 amide bonds. The van der Waals surface area contributed by atoms with Crippen LogP contribution in [-0.2, 0) is 12.8 Å². The molecule has 0 N–H and O–H groups in total. The first kappa shape index (κ1) is 52.8. The Balaban J connectivity index is 1.13. The Bertz CT molecular complexity index is 2770. The molecule has 378 valence electrons. The maximum Gasteiger partial charge on any atom is 0.132 e. The lowest BCUT2D eigenvalue weighted by atomic mass is 9.95. The molecule has 71 heavy (non-hydrogen) atoms. The maximum atomic E-state index is 5.37. The fourth-order valence-corrected chi connectivity index (χ4v) is 25.4. The lowest BCUT2D eigenvalue weighted by Crippen LogP contribution is -2.56. The summed E-state index contributed by atoms with van der Waals surface area (Å²) in [6.07, 6.45) is 26.9. The minimum absolute atomic E-state index is 0.694. The molecule has 1 aliphatic heterocycles. The lowest BCUT2D eigenvalue weighted by Gasteiger charge is -2.35. The van der Waals surface area contributed by atoms with Crippen LogP contribution in [0.4, 0.5) is 0 Å². The Kier molecular flexibility index (Phi) is 18.2. The summed E-state index contributed by atoms with van der Waals surface area (Å²) in [6.45, 7) is 18.9. The molecular weight excluding hydrogens is 1000 g/mol. The van der Waals surface area contributed by atoms with E-state index in [0.717, 1.165) is 69.3 Å². The van der Waals surface area contributed by atoms with Gasteiger partial charge in [0.15, 0.2) is 0 Å². The second kappa shape index (κ2) is 24.5. The van der Waals surface area contributed by atoms with Gasteiger partial charge in [0.25, 0.3) is 0 Å². The number of rotatable bonds is 28. The van der Waals surface area contributed by atoms with E-state index in [1.54, 1.807) is 10.4 Å². The quantitative estimate of drug-likeness (QED) is 0.0455. The minimum Gasteiger partial charge on any atom is -0.252 e. The molecule has 8 aromatic rings. The number of hydrogen-bond acceptors (Lipinski definition) is 12. The number of thiophene rings is 4. The van der Waals surface area contributed by atoms with Crippen molar-refractivity contribution in [1.29, 1.82) is 0 Å². The summed E-state index contributed by atoms with van der Waals surface area (Å²) in [6, 6.07) is 17.1. The summed E-state index contributed by atoms with van der Waals surface area (Å²) < 4.78 is 20.1. The zero-order valence-electron chi connectivity index (χ0n) is 43.7. The van der Waals surface area contributed by atoms with Crippen LogP contribution in [0.3, 0.4) is 0 Å². The van der Waals surface area contributed by atoms with Crippen molar-refractivity contribution < 1.29 is 0 Å². The third-order valence-electron chi connectivity index (χ3n) is 16.0. The molecular formula is C58H76N6S6Si. The van der Waals surface area contributed by atoms with Crippen LogP contribution in [0.25, 0.3) is 73.8 Å².